The molecule has 0 saturated carbocycles. The predicted octanol–water partition coefficient (Wildman–Crippen LogP) is 4.14. The Morgan fingerprint density at radius 2 is 1.78 bits per heavy atom. The quantitative estimate of drug-likeness (QED) is 0.157. The van der Waals surface area contributed by atoms with Crippen LogP contribution in [0.4, 0.5) is 10.1 Å². The van der Waals surface area contributed by atoms with Gasteiger partial charge in [0.2, 0.25) is 11.8 Å². The van der Waals surface area contributed by atoms with Gasteiger partial charge >= 0.3 is 0 Å². The summed E-state index contributed by atoms with van der Waals surface area (Å²) in [5, 5.41) is 18.3. The maximum atomic E-state index is 15.0. The second-order valence-electron chi connectivity index (χ2n) is 12.8. The minimum atomic E-state index is -0.407. The van der Waals surface area contributed by atoms with Crippen LogP contribution in [0.25, 0.3) is 22.2 Å². The molecule has 49 heavy (non-hydrogen) atoms. The summed E-state index contributed by atoms with van der Waals surface area (Å²) in [6.07, 6.45) is 3.96. The first kappa shape index (κ1) is 34.5. The van der Waals surface area contributed by atoms with Gasteiger partial charge in [0.1, 0.15) is 12.2 Å². The van der Waals surface area contributed by atoms with Gasteiger partial charge < -0.3 is 26.0 Å². The number of ether oxygens (including phenoxy) is 1. The molecule has 11 nitrogen and oxygen atoms in total. The molecule has 2 fully saturated rings. The van der Waals surface area contributed by atoms with E-state index in [9.17, 15) is 14.0 Å². The first-order valence-electron chi connectivity index (χ1n) is 17.5. The number of aryl methyl sites for hydroxylation is 2. The highest BCUT2D eigenvalue weighted by atomic mass is 19.1. The molecule has 2 amide bonds. The van der Waals surface area contributed by atoms with E-state index in [0.29, 0.717) is 31.7 Å². The topological polar surface area (TPSA) is 125 Å². The Labute approximate surface area is 287 Å². The number of nitrogens with one attached hydrogen (secondary N) is 4. The van der Waals surface area contributed by atoms with Crippen molar-refractivity contribution in [2.24, 2.45) is 0 Å². The van der Waals surface area contributed by atoms with Gasteiger partial charge in [0.05, 0.1) is 17.3 Å². The lowest BCUT2D eigenvalue weighted by atomic mass is 10.00. The first-order valence-corrected chi connectivity index (χ1v) is 17.5. The van der Waals surface area contributed by atoms with Crippen molar-refractivity contribution < 1.29 is 18.7 Å². The number of nitrogens with zero attached hydrogens (tertiary/aromatic N) is 4. The summed E-state index contributed by atoms with van der Waals surface area (Å²) in [5.74, 6) is -1.11. The van der Waals surface area contributed by atoms with E-state index < -0.39 is 5.91 Å². The molecule has 6 rings (SSSR count). The van der Waals surface area contributed by atoms with E-state index in [4.69, 9.17) is 9.72 Å². The van der Waals surface area contributed by atoms with Crippen molar-refractivity contribution in [2.45, 2.75) is 71.8 Å². The number of benzene rings is 2. The van der Waals surface area contributed by atoms with Gasteiger partial charge in [0.15, 0.2) is 5.65 Å². The largest absolute Gasteiger partial charge is 0.381 e. The van der Waals surface area contributed by atoms with Crippen LogP contribution in [-0.4, -0.2) is 76.9 Å². The number of carbonyl (C=O) groups excluding carboxylic acids is 2. The highest BCUT2D eigenvalue weighted by Crippen LogP contribution is 2.31. The average molecular weight is 671 g/mol. The van der Waals surface area contributed by atoms with E-state index in [1.54, 1.807) is 12.1 Å². The van der Waals surface area contributed by atoms with E-state index in [1.165, 1.54) is 6.07 Å². The summed E-state index contributed by atoms with van der Waals surface area (Å²) in [6, 6.07) is 13.1. The van der Waals surface area contributed by atoms with Gasteiger partial charge in [-0.3, -0.25) is 14.5 Å². The molecule has 2 aromatic carbocycles. The molecule has 0 bridgehead atoms. The number of halogens is 1. The fraction of sp³-hybridized carbons (Fsp3) is 0.459. The number of anilines is 1. The van der Waals surface area contributed by atoms with Gasteiger partial charge in [-0.15, -0.1) is 0 Å². The molecule has 0 spiro atoms. The van der Waals surface area contributed by atoms with Crippen LogP contribution in [-0.2, 0) is 46.9 Å². The van der Waals surface area contributed by atoms with Gasteiger partial charge in [-0.25, -0.2) is 14.1 Å². The lowest BCUT2D eigenvalue weighted by Gasteiger charge is -2.27. The molecule has 2 aromatic heterocycles. The smallest absolute Gasteiger partial charge is 0.229 e. The normalized spacial score (nSPS) is 15.7. The molecule has 260 valence electrons. The molecule has 4 N–H and O–H groups in total. The fourth-order valence-corrected chi connectivity index (χ4v) is 6.63. The number of hydrogen-bond donors (Lipinski definition) is 4. The summed E-state index contributed by atoms with van der Waals surface area (Å²) in [4.78, 5) is 33.2. The molecule has 2 saturated heterocycles. The van der Waals surface area contributed by atoms with Gasteiger partial charge in [-0.2, -0.15) is 5.10 Å². The minimum Gasteiger partial charge on any atom is -0.381 e. The van der Waals surface area contributed by atoms with Crippen LogP contribution in [0, 0.1) is 5.82 Å². The lowest BCUT2D eigenvalue weighted by molar-refractivity contribution is -0.129. The number of piperazine rings is 1. The zero-order valence-corrected chi connectivity index (χ0v) is 28.5. The molecule has 2 aliphatic rings. The van der Waals surface area contributed by atoms with E-state index >= 15 is 0 Å². The molecule has 0 unspecified atom stereocenters. The highest BCUT2D eigenvalue weighted by molar-refractivity contribution is 5.97. The third kappa shape index (κ3) is 8.62. The number of pyridine rings is 1. The van der Waals surface area contributed by atoms with E-state index in [2.05, 4.69) is 37.3 Å². The van der Waals surface area contributed by atoms with Crippen molar-refractivity contribution in [3.8, 4) is 11.1 Å². The maximum absolute atomic E-state index is 15.0. The zero-order chi connectivity index (χ0) is 34.2. The Morgan fingerprint density at radius 3 is 2.53 bits per heavy atom. The minimum absolute atomic E-state index is 0.182. The Kier molecular flexibility index (Phi) is 11.5. The van der Waals surface area contributed by atoms with Crippen LogP contribution in [0.15, 0.2) is 48.7 Å². The second kappa shape index (κ2) is 16.3. The Bertz CT molecular complexity index is 1760. The summed E-state index contributed by atoms with van der Waals surface area (Å²) in [5.41, 5.74) is 6.69. The summed E-state index contributed by atoms with van der Waals surface area (Å²) in [6.45, 7) is 11.3. The standard InChI is InChI=1S/C37H47FN8O3/c1-3-33-30(36(43-28-10-16-49-17-11-28)31-23-42-46(4-2)37(31)44-33)22-41-35(48)20-34(47)40-21-25-8-9-32(38)29(19-25)27-7-5-6-26(18-27)24-45-14-12-39-13-15-45/h5-9,18-19,23,28,39H,3-4,10-17,20-22,24H2,1-2H3,(H,40,47)(H,41,48)(H,43,44). The van der Waals surface area contributed by atoms with Crippen LogP contribution in [0.5, 0.6) is 0 Å². The number of amides is 2. The average Bonchev–Trinajstić information content (AvgIpc) is 3.54. The van der Waals surface area contributed by atoms with E-state index in [0.717, 1.165) is 90.2 Å². The molecule has 0 aliphatic carbocycles. The molecule has 0 atom stereocenters. The Hall–Kier alpha value is -4.39. The van der Waals surface area contributed by atoms with Crippen LogP contribution in [0.2, 0.25) is 0 Å². The molecule has 12 heteroatoms. The molecular weight excluding hydrogens is 623 g/mol. The fourth-order valence-electron chi connectivity index (χ4n) is 6.63. The number of hydrogen-bond acceptors (Lipinski definition) is 8. The molecule has 0 radical (unpaired) electrons. The molecular formula is C37H47FN8O3. The third-order valence-electron chi connectivity index (χ3n) is 9.33. The van der Waals surface area contributed by atoms with E-state index in [1.807, 2.05) is 42.9 Å². The summed E-state index contributed by atoms with van der Waals surface area (Å²) >= 11 is 0. The zero-order valence-electron chi connectivity index (χ0n) is 28.5. The van der Waals surface area contributed by atoms with Crippen molar-refractivity contribution >= 4 is 28.5 Å². The number of aromatic nitrogens is 3. The van der Waals surface area contributed by atoms with Crippen LogP contribution in [0.3, 0.4) is 0 Å². The number of rotatable bonds is 13. The maximum Gasteiger partial charge on any atom is 0.229 e. The van der Waals surface area contributed by atoms with Gasteiger partial charge in [0.25, 0.3) is 0 Å². The second-order valence-corrected chi connectivity index (χ2v) is 12.8. The molecule has 4 aromatic rings. The van der Waals surface area contributed by atoms with E-state index in [-0.39, 0.29) is 37.3 Å². The van der Waals surface area contributed by atoms with Crippen molar-refractivity contribution in [3.05, 3.63) is 76.9 Å². The van der Waals surface area contributed by atoms with Crippen molar-refractivity contribution in [2.75, 3.05) is 44.7 Å². The van der Waals surface area contributed by atoms with Gasteiger partial charge in [-0.1, -0.05) is 31.2 Å². The van der Waals surface area contributed by atoms with Crippen LogP contribution >= 0.6 is 0 Å². The van der Waals surface area contributed by atoms with Gasteiger partial charge in [-0.05, 0) is 61.1 Å². The third-order valence-corrected chi connectivity index (χ3v) is 9.33. The van der Waals surface area contributed by atoms with Crippen molar-refractivity contribution in [3.63, 3.8) is 0 Å². The van der Waals surface area contributed by atoms with Crippen LogP contribution < -0.4 is 21.3 Å². The predicted molar refractivity (Wildman–Crippen MR) is 188 cm³/mol. The monoisotopic (exact) mass is 670 g/mol. The summed E-state index contributed by atoms with van der Waals surface area (Å²) < 4.78 is 22.4. The first-order chi connectivity index (χ1) is 23.9. The van der Waals surface area contributed by atoms with Gasteiger partial charge in [0, 0.05) is 88.4 Å². The molecule has 2 aliphatic heterocycles. The lowest BCUT2D eigenvalue weighted by Crippen LogP contribution is -2.42. The summed E-state index contributed by atoms with van der Waals surface area (Å²) in [7, 11) is 0. The highest BCUT2D eigenvalue weighted by Gasteiger charge is 2.22. The van der Waals surface area contributed by atoms with Crippen LogP contribution in [0.1, 0.15) is 55.5 Å². The SMILES string of the molecule is CCc1nc2c(cnn2CC)c(NC2CCOCC2)c1CNC(=O)CC(=O)NCc1ccc(F)c(-c2cccc(CN3CCNCC3)c2)c1. The Balaban J connectivity index is 1.08. The number of carbonyl (C=O) groups is 2. The van der Waals surface area contributed by atoms with Crippen molar-refractivity contribution in [1.29, 1.82) is 0 Å². The van der Waals surface area contributed by atoms with Crippen molar-refractivity contribution in [1.82, 2.24) is 35.6 Å². The molecule has 4 heterocycles. The Morgan fingerprint density at radius 1 is 1.00 bits per heavy atom. The number of fused-ring (bicyclic) bond motifs is 1.